The molecule has 1 aliphatic rings. The first-order valence-electron chi connectivity index (χ1n) is 6.32. The van der Waals surface area contributed by atoms with Crippen molar-refractivity contribution in [2.75, 3.05) is 24.6 Å². The van der Waals surface area contributed by atoms with E-state index in [1.807, 2.05) is 19.1 Å². The third kappa shape index (κ3) is 2.79. The van der Waals surface area contributed by atoms with Gasteiger partial charge in [0.25, 0.3) is 5.69 Å². The van der Waals surface area contributed by atoms with Gasteiger partial charge < -0.3 is 9.64 Å². The van der Waals surface area contributed by atoms with Crippen LogP contribution in [0.5, 0.6) is 0 Å². The second-order valence-electron chi connectivity index (χ2n) is 4.39. The molecule has 18 heavy (non-hydrogen) atoms. The topological polar surface area (TPSA) is 55.6 Å². The predicted molar refractivity (Wildman–Crippen MR) is 70.0 cm³/mol. The highest BCUT2D eigenvalue weighted by atomic mass is 16.6. The van der Waals surface area contributed by atoms with E-state index in [2.05, 4.69) is 4.90 Å². The first kappa shape index (κ1) is 12.8. The zero-order valence-corrected chi connectivity index (χ0v) is 10.5. The maximum absolute atomic E-state index is 11.0. The van der Waals surface area contributed by atoms with Gasteiger partial charge in [0, 0.05) is 25.8 Å². The monoisotopic (exact) mass is 250 g/mol. The van der Waals surface area contributed by atoms with Crippen molar-refractivity contribution >= 4 is 11.4 Å². The smallest absolute Gasteiger partial charge is 0.292 e. The maximum Gasteiger partial charge on any atom is 0.292 e. The van der Waals surface area contributed by atoms with Gasteiger partial charge in [-0.15, -0.1) is 0 Å². The quantitative estimate of drug-likeness (QED) is 0.609. The molecule has 0 N–H and O–H groups in total. The highest BCUT2D eigenvalue weighted by Gasteiger charge is 2.24. The lowest BCUT2D eigenvalue weighted by atomic mass is 10.1. The fraction of sp³-hybridized carbons (Fsp3) is 0.538. The van der Waals surface area contributed by atoms with Crippen molar-refractivity contribution < 1.29 is 9.66 Å². The van der Waals surface area contributed by atoms with Gasteiger partial charge >= 0.3 is 0 Å². The van der Waals surface area contributed by atoms with Gasteiger partial charge in [-0.3, -0.25) is 10.1 Å². The number of ether oxygens (including phenoxy) is 1. The Hall–Kier alpha value is -1.62. The molecule has 98 valence electrons. The Balaban J connectivity index is 2.07. The molecule has 0 saturated carbocycles. The molecular weight excluding hydrogens is 232 g/mol. The van der Waals surface area contributed by atoms with Crippen molar-refractivity contribution in [2.45, 2.75) is 25.9 Å². The summed E-state index contributed by atoms with van der Waals surface area (Å²) in [6.07, 6.45) is 2.16. The number of rotatable bonds is 4. The van der Waals surface area contributed by atoms with Crippen molar-refractivity contribution in [3.63, 3.8) is 0 Å². The fourth-order valence-electron chi connectivity index (χ4n) is 2.39. The molecule has 1 aliphatic heterocycles. The lowest BCUT2D eigenvalue weighted by Gasteiger charge is -2.32. The van der Waals surface area contributed by atoms with E-state index in [-0.39, 0.29) is 10.6 Å². The van der Waals surface area contributed by atoms with Crippen LogP contribution in [-0.2, 0) is 4.74 Å². The van der Waals surface area contributed by atoms with E-state index in [0.717, 1.165) is 38.2 Å². The third-order valence-corrected chi connectivity index (χ3v) is 3.26. The van der Waals surface area contributed by atoms with Crippen LogP contribution in [0.4, 0.5) is 11.4 Å². The minimum Gasteiger partial charge on any atom is -0.378 e. The molecule has 0 aromatic heterocycles. The number of nitrogens with zero attached hydrogens (tertiary/aromatic N) is 2. The van der Waals surface area contributed by atoms with Gasteiger partial charge in [0.1, 0.15) is 5.69 Å². The molecule has 1 aromatic carbocycles. The highest BCUT2D eigenvalue weighted by Crippen LogP contribution is 2.30. The summed E-state index contributed by atoms with van der Waals surface area (Å²) in [7, 11) is 0. The van der Waals surface area contributed by atoms with Gasteiger partial charge in [-0.05, 0) is 25.8 Å². The normalized spacial score (nSPS) is 16.8. The van der Waals surface area contributed by atoms with Crippen LogP contribution in [0.15, 0.2) is 24.3 Å². The number of anilines is 1. The van der Waals surface area contributed by atoms with Crippen LogP contribution >= 0.6 is 0 Å². The molecule has 1 aromatic rings. The average Bonchev–Trinajstić information content (AvgIpc) is 2.40. The van der Waals surface area contributed by atoms with Gasteiger partial charge in [0.05, 0.1) is 11.0 Å². The molecule has 0 spiro atoms. The highest BCUT2D eigenvalue weighted by molar-refractivity contribution is 5.63. The molecule has 0 unspecified atom stereocenters. The van der Waals surface area contributed by atoms with Crippen LogP contribution in [0, 0.1) is 10.1 Å². The number of hydrogen-bond donors (Lipinski definition) is 0. The molecule has 5 heteroatoms. The zero-order valence-electron chi connectivity index (χ0n) is 10.5. The molecule has 0 atom stereocenters. The van der Waals surface area contributed by atoms with Crippen molar-refractivity contribution in [2.24, 2.45) is 0 Å². The van der Waals surface area contributed by atoms with Crippen molar-refractivity contribution in [3.05, 3.63) is 34.4 Å². The van der Waals surface area contributed by atoms with Crippen molar-refractivity contribution in [1.29, 1.82) is 0 Å². The van der Waals surface area contributed by atoms with Crippen molar-refractivity contribution in [1.82, 2.24) is 0 Å². The molecule has 5 nitrogen and oxygen atoms in total. The second-order valence-corrected chi connectivity index (χ2v) is 4.39. The molecule has 1 heterocycles. The number of para-hydroxylation sites is 2. The van der Waals surface area contributed by atoms with Crippen LogP contribution in [0.25, 0.3) is 0 Å². The number of benzene rings is 1. The summed E-state index contributed by atoms with van der Waals surface area (Å²) in [5.41, 5.74) is 0.907. The van der Waals surface area contributed by atoms with Gasteiger partial charge in [-0.25, -0.2) is 0 Å². The molecule has 0 aliphatic carbocycles. The summed E-state index contributed by atoms with van der Waals surface area (Å²) >= 11 is 0. The van der Waals surface area contributed by atoms with E-state index in [9.17, 15) is 10.1 Å². The van der Waals surface area contributed by atoms with E-state index < -0.39 is 0 Å². The Labute approximate surface area is 107 Å². The van der Waals surface area contributed by atoms with E-state index in [4.69, 9.17) is 4.74 Å². The van der Waals surface area contributed by atoms with Crippen LogP contribution in [-0.4, -0.2) is 30.7 Å². The third-order valence-electron chi connectivity index (χ3n) is 3.26. The largest absolute Gasteiger partial charge is 0.378 e. The molecule has 2 rings (SSSR count). The molecule has 1 saturated heterocycles. The summed E-state index contributed by atoms with van der Waals surface area (Å²) < 4.78 is 5.58. The summed E-state index contributed by atoms with van der Waals surface area (Å²) in [6.45, 7) is 4.36. The zero-order chi connectivity index (χ0) is 13.0. The Morgan fingerprint density at radius 1 is 1.39 bits per heavy atom. The van der Waals surface area contributed by atoms with Gasteiger partial charge in [0.2, 0.25) is 0 Å². The SMILES string of the molecule is CCOC1CCN(c2ccccc2[N+](=O)[O-])CC1. The lowest BCUT2D eigenvalue weighted by molar-refractivity contribution is -0.384. The molecule has 1 fully saturated rings. The summed E-state index contributed by atoms with van der Waals surface area (Å²) in [6, 6.07) is 6.93. The fourth-order valence-corrected chi connectivity index (χ4v) is 2.39. The average molecular weight is 250 g/mol. The first-order chi connectivity index (χ1) is 8.72. The molecule has 0 radical (unpaired) electrons. The van der Waals surface area contributed by atoms with E-state index in [1.54, 1.807) is 12.1 Å². The standard InChI is InChI=1S/C13H18N2O3/c1-2-18-11-7-9-14(10-8-11)12-5-3-4-6-13(12)15(16)17/h3-6,11H,2,7-10H2,1H3. The number of hydrogen-bond acceptors (Lipinski definition) is 4. The summed E-state index contributed by atoms with van der Waals surface area (Å²) in [5, 5.41) is 11.0. The second kappa shape index (κ2) is 5.82. The maximum atomic E-state index is 11.0. The van der Waals surface area contributed by atoms with E-state index >= 15 is 0 Å². The number of nitro groups is 1. The Morgan fingerprint density at radius 2 is 2.06 bits per heavy atom. The van der Waals surface area contributed by atoms with Crippen molar-refractivity contribution in [3.8, 4) is 0 Å². The van der Waals surface area contributed by atoms with E-state index in [1.165, 1.54) is 0 Å². The van der Waals surface area contributed by atoms with Crippen LogP contribution in [0.2, 0.25) is 0 Å². The Bertz CT molecular complexity index is 414. The van der Waals surface area contributed by atoms with Gasteiger partial charge in [0.15, 0.2) is 0 Å². The molecule has 0 bridgehead atoms. The Morgan fingerprint density at radius 3 is 2.67 bits per heavy atom. The van der Waals surface area contributed by atoms with Crippen LogP contribution in [0.1, 0.15) is 19.8 Å². The summed E-state index contributed by atoms with van der Waals surface area (Å²) in [4.78, 5) is 12.7. The van der Waals surface area contributed by atoms with Crippen LogP contribution < -0.4 is 4.90 Å². The van der Waals surface area contributed by atoms with Crippen LogP contribution in [0.3, 0.4) is 0 Å². The van der Waals surface area contributed by atoms with E-state index in [0.29, 0.717) is 6.10 Å². The Kier molecular flexibility index (Phi) is 4.15. The summed E-state index contributed by atoms with van der Waals surface area (Å²) in [5.74, 6) is 0. The predicted octanol–water partition coefficient (Wildman–Crippen LogP) is 2.60. The molecule has 0 amide bonds. The van der Waals surface area contributed by atoms with Gasteiger partial charge in [-0.1, -0.05) is 12.1 Å². The molecular formula is C13H18N2O3. The number of nitro benzene ring substituents is 1. The van der Waals surface area contributed by atoms with Gasteiger partial charge in [-0.2, -0.15) is 0 Å². The minimum absolute atomic E-state index is 0.187. The lowest BCUT2D eigenvalue weighted by Crippen LogP contribution is -2.37. The minimum atomic E-state index is -0.316. The number of piperidine rings is 1. The first-order valence-corrected chi connectivity index (χ1v) is 6.32.